The maximum absolute atomic E-state index is 5.88. The van der Waals surface area contributed by atoms with Gasteiger partial charge in [-0.2, -0.15) is 0 Å². The molecular weight excluding hydrogens is 392 g/mol. The average Bonchev–Trinajstić information content (AvgIpc) is 2.69. The molecule has 1 aliphatic rings. The van der Waals surface area contributed by atoms with E-state index in [2.05, 4.69) is 63.9 Å². The van der Waals surface area contributed by atoms with Crippen LogP contribution in [0.3, 0.4) is 0 Å². The first-order chi connectivity index (χ1) is 12.7. The molecule has 2 aromatic carbocycles. The van der Waals surface area contributed by atoms with Gasteiger partial charge in [0.25, 0.3) is 0 Å². The van der Waals surface area contributed by atoms with E-state index in [-0.39, 0.29) is 6.10 Å². The van der Waals surface area contributed by atoms with Crippen molar-refractivity contribution < 1.29 is 9.47 Å². The van der Waals surface area contributed by atoms with Crippen LogP contribution in [0.5, 0.6) is 5.75 Å². The van der Waals surface area contributed by atoms with Crippen molar-refractivity contribution in [1.29, 1.82) is 0 Å². The van der Waals surface area contributed by atoms with Crippen molar-refractivity contribution in [3.8, 4) is 5.75 Å². The Morgan fingerprint density at radius 3 is 2.58 bits per heavy atom. The SMILES string of the molecule is CC[C@H](C)Oc1ccc(C=Nc2ccc(N3CCOCC3)cc2)cc1Br. The topological polar surface area (TPSA) is 34.1 Å². The molecule has 1 fully saturated rings. The van der Waals surface area contributed by atoms with Crippen LogP contribution in [0.25, 0.3) is 0 Å². The first kappa shape index (κ1) is 18.9. The summed E-state index contributed by atoms with van der Waals surface area (Å²) in [6.07, 6.45) is 3.06. The third-order valence-electron chi connectivity index (χ3n) is 4.45. The number of benzene rings is 2. The summed E-state index contributed by atoms with van der Waals surface area (Å²) < 4.78 is 12.2. The van der Waals surface area contributed by atoms with Crippen LogP contribution >= 0.6 is 15.9 Å². The van der Waals surface area contributed by atoms with Crippen molar-refractivity contribution in [2.45, 2.75) is 26.4 Å². The fourth-order valence-electron chi connectivity index (χ4n) is 2.71. The Bertz CT molecular complexity index is 740. The summed E-state index contributed by atoms with van der Waals surface area (Å²) in [6.45, 7) is 7.67. The summed E-state index contributed by atoms with van der Waals surface area (Å²) >= 11 is 3.58. The Kier molecular flexibility index (Phi) is 6.69. The predicted molar refractivity (Wildman–Crippen MR) is 111 cm³/mol. The molecule has 4 nitrogen and oxygen atoms in total. The van der Waals surface area contributed by atoms with Gasteiger partial charge in [-0.05, 0) is 77.3 Å². The smallest absolute Gasteiger partial charge is 0.133 e. The molecular formula is C21H25BrN2O2. The van der Waals surface area contributed by atoms with Crippen molar-refractivity contribution in [1.82, 2.24) is 0 Å². The molecule has 0 amide bonds. The largest absolute Gasteiger partial charge is 0.490 e. The molecule has 0 unspecified atom stereocenters. The summed E-state index contributed by atoms with van der Waals surface area (Å²) in [7, 11) is 0. The number of anilines is 1. The van der Waals surface area contributed by atoms with Gasteiger partial charge in [-0.1, -0.05) is 6.92 Å². The van der Waals surface area contributed by atoms with Gasteiger partial charge in [-0.15, -0.1) is 0 Å². The number of hydrogen-bond acceptors (Lipinski definition) is 4. The Labute approximate surface area is 164 Å². The fourth-order valence-corrected chi connectivity index (χ4v) is 3.20. The number of ether oxygens (including phenoxy) is 2. The number of nitrogens with zero attached hydrogens (tertiary/aromatic N) is 2. The van der Waals surface area contributed by atoms with Gasteiger partial charge in [0.1, 0.15) is 5.75 Å². The summed E-state index contributed by atoms with van der Waals surface area (Å²) in [6, 6.07) is 14.4. The molecule has 0 bridgehead atoms. The summed E-state index contributed by atoms with van der Waals surface area (Å²) in [5, 5.41) is 0. The van der Waals surface area contributed by atoms with E-state index in [0.717, 1.165) is 54.2 Å². The maximum Gasteiger partial charge on any atom is 0.133 e. The highest BCUT2D eigenvalue weighted by Gasteiger charge is 2.10. The number of halogens is 1. The average molecular weight is 417 g/mol. The minimum Gasteiger partial charge on any atom is -0.490 e. The summed E-state index contributed by atoms with van der Waals surface area (Å²) in [4.78, 5) is 6.92. The van der Waals surface area contributed by atoms with Crippen LogP contribution in [-0.4, -0.2) is 38.6 Å². The molecule has 0 aliphatic carbocycles. The molecule has 5 heteroatoms. The van der Waals surface area contributed by atoms with Gasteiger partial charge >= 0.3 is 0 Å². The lowest BCUT2D eigenvalue weighted by Crippen LogP contribution is -2.36. The van der Waals surface area contributed by atoms with Crippen LogP contribution in [0.1, 0.15) is 25.8 Å². The quantitative estimate of drug-likeness (QED) is 0.605. The van der Waals surface area contributed by atoms with Gasteiger partial charge in [-0.3, -0.25) is 4.99 Å². The van der Waals surface area contributed by atoms with E-state index in [4.69, 9.17) is 9.47 Å². The van der Waals surface area contributed by atoms with Crippen LogP contribution in [0, 0.1) is 0 Å². The highest BCUT2D eigenvalue weighted by Crippen LogP contribution is 2.27. The molecule has 0 saturated carbocycles. The molecule has 0 radical (unpaired) electrons. The van der Waals surface area contributed by atoms with E-state index < -0.39 is 0 Å². The van der Waals surface area contributed by atoms with E-state index in [9.17, 15) is 0 Å². The lowest BCUT2D eigenvalue weighted by molar-refractivity contribution is 0.122. The van der Waals surface area contributed by atoms with Gasteiger partial charge in [-0.25, -0.2) is 0 Å². The first-order valence-electron chi connectivity index (χ1n) is 9.08. The minimum absolute atomic E-state index is 0.204. The molecule has 2 aromatic rings. The zero-order chi connectivity index (χ0) is 18.4. The standard InChI is InChI=1S/C21H25BrN2O2/c1-3-16(2)26-21-9-4-17(14-20(21)22)15-23-18-5-7-19(8-6-18)24-10-12-25-13-11-24/h4-9,14-16H,3,10-13H2,1-2H3/t16-/m0/s1. The van der Waals surface area contributed by atoms with E-state index in [1.165, 1.54) is 5.69 Å². The van der Waals surface area contributed by atoms with Crippen molar-refractivity contribution in [3.05, 3.63) is 52.5 Å². The van der Waals surface area contributed by atoms with Crippen LogP contribution in [0.4, 0.5) is 11.4 Å². The lowest BCUT2D eigenvalue weighted by Gasteiger charge is -2.28. The van der Waals surface area contributed by atoms with Gasteiger partial charge in [0.2, 0.25) is 0 Å². The van der Waals surface area contributed by atoms with Crippen molar-refractivity contribution in [2.75, 3.05) is 31.2 Å². The van der Waals surface area contributed by atoms with E-state index in [1.807, 2.05) is 24.4 Å². The Balaban J connectivity index is 1.64. The Hall–Kier alpha value is -1.85. The fraction of sp³-hybridized carbons (Fsp3) is 0.381. The van der Waals surface area contributed by atoms with Gasteiger partial charge in [0.05, 0.1) is 29.5 Å². The van der Waals surface area contributed by atoms with E-state index in [0.29, 0.717) is 0 Å². The first-order valence-corrected chi connectivity index (χ1v) is 9.88. The zero-order valence-corrected chi connectivity index (χ0v) is 16.9. The van der Waals surface area contributed by atoms with Crippen LogP contribution < -0.4 is 9.64 Å². The minimum atomic E-state index is 0.204. The van der Waals surface area contributed by atoms with Crippen LogP contribution in [0.2, 0.25) is 0 Å². The molecule has 1 atom stereocenters. The number of morpholine rings is 1. The molecule has 26 heavy (non-hydrogen) atoms. The second-order valence-corrected chi connectivity index (χ2v) is 7.25. The Morgan fingerprint density at radius 2 is 1.92 bits per heavy atom. The molecule has 1 heterocycles. The second kappa shape index (κ2) is 9.19. The molecule has 1 saturated heterocycles. The third kappa shape index (κ3) is 5.08. The lowest BCUT2D eigenvalue weighted by atomic mass is 10.2. The van der Waals surface area contributed by atoms with E-state index in [1.54, 1.807) is 0 Å². The zero-order valence-electron chi connectivity index (χ0n) is 15.3. The predicted octanol–water partition coefficient (Wildman–Crippen LogP) is 5.21. The summed E-state index contributed by atoms with van der Waals surface area (Å²) in [5.74, 6) is 0.867. The Morgan fingerprint density at radius 1 is 1.19 bits per heavy atom. The van der Waals surface area contributed by atoms with Crippen LogP contribution in [0.15, 0.2) is 51.9 Å². The number of rotatable bonds is 6. The maximum atomic E-state index is 5.88. The van der Waals surface area contributed by atoms with Crippen LogP contribution in [-0.2, 0) is 4.74 Å². The molecule has 3 rings (SSSR count). The highest BCUT2D eigenvalue weighted by molar-refractivity contribution is 9.10. The van der Waals surface area contributed by atoms with Gasteiger partial charge in [0, 0.05) is 25.0 Å². The molecule has 1 aliphatic heterocycles. The third-order valence-corrected chi connectivity index (χ3v) is 5.07. The normalized spacial score (nSPS) is 16.0. The van der Waals surface area contributed by atoms with Crippen molar-refractivity contribution in [3.63, 3.8) is 0 Å². The molecule has 0 N–H and O–H groups in total. The molecule has 138 valence electrons. The van der Waals surface area contributed by atoms with E-state index >= 15 is 0 Å². The van der Waals surface area contributed by atoms with Gasteiger partial charge in [0.15, 0.2) is 0 Å². The van der Waals surface area contributed by atoms with Gasteiger partial charge < -0.3 is 14.4 Å². The summed E-state index contributed by atoms with van der Waals surface area (Å²) in [5.41, 5.74) is 3.20. The molecule has 0 spiro atoms. The monoisotopic (exact) mass is 416 g/mol. The van der Waals surface area contributed by atoms with Crippen molar-refractivity contribution >= 4 is 33.5 Å². The second-order valence-electron chi connectivity index (χ2n) is 6.40. The highest BCUT2D eigenvalue weighted by atomic mass is 79.9. The number of aliphatic imine (C=N–C) groups is 1. The van der Waals surface area contributed by atoms with Crippen molar-refractivity contribution in [2.24, 2.45) is 4.99 Å². The molecule has 0 aromatic heterocycles. The number of hydrogen-bond donors (Lipinski definition) is 0.